The van der Waals surface area contributed by atoms with Crippen LogP contribution in [0.15, 0.2) is 18.3 Å². The highest BCUT2D eigenvalue weighted by molar-refractivity contribution is 5.92. The van der Waals surface area contributed by atoms with Crippen molar-refractivity contribution >= 4 is 11.6 Å². The summed E-state index contributed by atoms with van der Waals surface area (Å²) < 4.78 is 0. The molecule has 4 nitrogen and oxygen atoms in total. The number of rotatable bonds is 3. The molecule has 1 aromatic heterocycles. The number of anilines is 1. The molecule has 1 atom stereocenters. The Kier molecular flexibility index (Phi) is 3.84. The number of aromatic nitrogens is 1. The minimum Gasteiger partial charge on any atom is -0.387 e. The van der Waals surface area contributed by atoms with Gasteiger partial charge in [0, 0.05) is 20.1 Å². The van der Waals surface area contributed by atoms with Crippen molar-refractivity contribution in [2.45, 2.75) is 20.3 Å². The van der Waals surface area contributed by atoms with Crippen molar-refractivity contribution < 1.29 is 4.79 Å². The molecule has 0 saturated carbocycles. The zero-order valence-corrected chi connectivity index (χ0v) is 11.3. The van der Waals surface area contributed by atoms with Gasteiger partial charge in [0.25, 0.3) is 5.91 Å². The second kappa shape index (κ2) is 5.38. The lowest BCUT2D eigenvalue weighted by Gasteiger charge is -2.17. The monoisotopic (exact) mass is 247 g/mol. The molecule has 1 N–H and O–H groups in total. The summed E-state index contributed by atoms with van der Waals surface area (Å²) >= 11 is 0. The maximum atomic E-state index is 12.3. The van der Waals surface area contributed by atoms with Crippen molar-refractivity contribution in [2.75, 3.05) is 25.5 Å². The van der Waals surface area contributed by atoms with Gasteiger partial charge in [0.1, 0.15) is 5.69 Å². The van der Waals surface area contributed by atoms with Crippen LogP contribution in [0, 0.1) is 11.8 Å². The third-order valence-electron chi connectivity index (χ3n) is 3.73. The van der Waals surface area contributed by atoms with Crippen LogP contribution in [0.5, 0.6) is 0 Å². The molecule has 0 aliphatic carbocycles. The standard InChI is InChI=1S/C14H21N3O/c1-10(2)11-6-7-17(9-11)14(18)13-5-4-12(15-3)8-16-13/h4-5,8,10-11,15H,6-7,9H2,1-3H3. The maximum absolute atomic E-state index is 12.3. The van der Waals surface area contributed by atoms with E-state index in [9.17, 15) is 4.79 Å². The first-order valence-corrected chi connectivity index (χ1v) is 6.55. The van der Waals surface area contributed by atoms with Gasteiger partial charge in [-0.3, -0.25) is 4.79 Å². The molecule has 0 spiro atoms. The maximum Gasteiger partial charge on any atom is 0.272 e. The fraction of sp³-hybridized carbons (Fsp3) is 0.571. The molecule has 0 bridgehead atoms. The highest BCUT2D eigenvalue weighted by Gasteiger charge is 2.29. The normalized spacial score (nSPS) is 19.3. The van der Waals surface area contributed by atoms with Crippen molar-refractivity contribution in [3.8, 4) is 0 Å². The van der Waals surface area contributed by atoms with Crippen LogP contribution in [0.2, 0.25) is 0 Å². The summed E-state index contributed by atoms with van der Waals surface area (Å²) in [6, 6.07) is 3.67. The average Bonchev–Trinajstić information content (AvgIpc) is 2.88. The van der Waals surface area contributed by atoms with E-state index in [-0.39, 0.29) is 5.91 Å². The van der Waals surface area contributed by atoms with Crippen LogP contribution >= 0.6 is 0 Å². The van der Waals surface area contributed by atoms with Crippen LogP contribution in [-0.4, -0.2) is 35.9 Å². The number of hydrogen-bond donors (Lipinski definition) is 1. The molecule has 18 heavy (non-hydrogen) atoms. The van der Waals surface area contributed by atoms with E-state index in [2.05, 4.69) is 24.1 Å². The summed E-state index contributed by atoms with van der Waals surface area (Å²) in [6.07, 6.45) is 2.81. The largest absolute Gasteiger partial charge is 0.387 e. The van der Waals surface area contributed by atoms with E-state index in [1.54, 1.807) is 12.3 Å². The lowest BCUT2D eigenvalue weighted by molar-refractivity contribution is 0.0778. The number of likely N-dealkylation sites (tertiary alicyclic amines) is 1. The van der Waals surface area contributed by atoms with Gasteiger partial charge in [-0.2, -0.15) is 0 Å². The van der Waals surface area contributed by atoms with Gasteiger partial charge in [-0.1, -0.05) is 13.8 Å². The van der Waals surface area contributed by atoms with Crippen LogP contribution < -0.4 is 5.32 Å². The molecule has 0 aromatic carbocycles. The lowest BCUT2D eigenvalue weighted by atomic mass is 9.95. The van der Waals surface area contributed by atoms with Gasteiger partial charge in [-0.05, 0) is 30.4 Å². The summed E-state index contributed by atoms with van der Waals surface area (Å²) in [6.45, 7) is 6.17. The van der Waals surface area contributed by atoms with Gasteiger partial charge in [0.15, 0.2) is 0 Å². The zero-order chi connectivity index (χ0) is 13.1. The molecular weight excluding hydrogens is 226 g/mol. The highest BCUT2D eigenvalue weighted by atomic mass is 16.2. The number of amides is 1. The van der Waals surface area contributed by atoms with Crippen molar-refractivity contribution in [1.29, 1.82) is 0 Å². The van der Waals surface area contributed by atoms with E-state index in [0.717, 1.165) is 25.2 Å². The molecule has 2 rings (SSSR count). The fourth-order valence-electron chi connectivity index (χ4n) is 2.35. The van der Waals surface area contributed by atoms with Gasteiger partial charge < -0.3 is 10.2 Å². The van der Waals surface area contributed by atoms with Crippen molar-refractivity contribution in [3.05, 3.63) is 24.0 Å². The highest BCUT2D eigenvalue weighted by Crippen LogP contribution is 2.24. The fourth-order valence-corrected chi connectivity index (χ4v) is 2.35. The van der Waals surface area contributed by atoms with Crippen LogP contribution in [0.4, 0.5) is 5.69 Å². The Morgan fingerprint density at radius 3 is 2.78 bits per heavy atom. The van der Waals surface area contributed by atoms with Gasteiger partial charge in [-0.25, -0.2) is 4.98 Å². The molecule has 2 heterocycles. The number of nitrogens with zero attached hydrogens (tertiary/aromatic N) is 2. The predicted octanol–water partition coefficient (Wildman–Crippen LogP) is 2.24. The SMILES string of the molecule is CNc1ccc(C(=O)N2CCC(C(C)C)C2)nc1. The summed E-state index contributed by atoms with van der Waals surface area (Å²) in [5, 5.41) is 3.00. The van der Waals surface area contributed by atoms with E-state index in [0.29, 0.717) is 17.5 Å². The van der Waals surface area contributed by atoms with Crippen LogP contribution in [0.25, 0.3) is 0 Å². The van der Waals surface area contributed by atoms with Gasteiger partial charge >= 0.3 is 0 Å². The number of hydrogen-bond acceptors (Lipinski definition) is 3. The third kappa shape index (κ3) is 2.63. The van der Waals surface area contributed by atoms with E-state index >= 15 is 0 Å². The molecule has 0 radical (unpaired) electrons. The second-order valence-electron chi connectivity index (χ2n) is 5.23. The molecule has 98 valence electrons. The van der Waals surface area contributed by atoms with Crippen LogP contribution in [-0.2, 0) is 0 Å². The number of carbonyl (C=O) groups excluding carboxylic acids is 1. The number of carbonyl (C=O) groups is 1. The zero-order valence-electron chi connectivity index (χ0n) is 11.3. The summed E-state index contributed by atoms with van der Waals surface area (Å²) in [4.78, 5) is 18.4. The van der Waals surface area contributed by atoms with Crippen LogP contribution in [0.1, 0.15) is 30.8 Å². The predicted molar refractivity (Wildman–Crippen MR) is 72.6 cm³/mol. The van der Waals surface area contributed by atoms with Crippen LogP contribution in [0.3, 0.4) is 0 Å². The molecule has 1 amide bonds. The molecule has 4 heteroatoms. The molecular formula is C14H21N3O. The van der Waals surface area contributed by atoms with E-state index < -0.39 is 0 Å². The van der Waals surface area contributed by atoms with Crippen molar-refractivity contribution in [2.24, 2.45) is 11.8 Å². The van der Waals surface area contributed by atoms with E-state index in [1.807, 2.05) is 18.0 Å². The van der Waals surface area contributed by atoms with E-state index in [1.165, 1.54) is 0 Å². The topological polar surface area (TPSA) is 45.2 Å². The van der Waals surface area contributed by atoms with Gasteiger partial charge in [0.05, 0.1) is 11.9 Å². The Balaban J connectivity index is 2.03. The Labute approximate surface area is 108 Å². The molecule has 1 saturated heterocycles. The second-order valence-corrected chi connectivity index (χ2v) is 5.23. The minimum atomic E-state index is 0.0563. The van der Waals surface area contributed by atoms with Gasteiger partial charge in [0.2, 0.25) is 0 Å². The van der Waals surface area contributed by atoms with Crippen molar-refractivity contribution in [3.63, 3.8) is 0 Å². The number of pyridine rings is 1. The average molecular weight is 247 g/mol. The smallest absolute Gasteiger partial charge is 0.272 e. The quantitative estimate of drug-likeness (QED) is 0.891. The Morgan fingerprint density at radius 2 is 2.28 bits per heavy atom. The third-order valence-corrected chi connectivity index (χ3v) is 3.73. The van der Waals surface area contributed by atoms with Gasteiger partial charge in [-0.15, -0.1) is 0 Å². The Morgan fingerprint density at radius 1 is 1.50 bits per heavy atom. The summed E-state index contributed by atoms with van der Waals surface area (Å²) in [7, 11) is 1.84. The molecule has 1 aliphatic heterocycles. The molecule has 1 aromatic rings. The molecule has 1 fully saturated rings. The van der Waals surface area contributed by atoms with Crippen molar-refractivity contribution in [1.82, 2.24) is 9.88 Å². The molecule has 1 unspecified atom stereocenters. The minimum absolute atomic E-state index is 0.0563. The Hall–Kier alpha value is -1.58. The first-order chi connectivity index (χ1) is 8.61. The molecule has 1 aliphatic rings. The summed E-state index contributed by atoms with van der Waals surface area (Å²) in [5.74, 6) is 1.33. The first kappa shape index (κ1) is 12.9. The van der Waals surface area contributed by atoms with E-state index in [4.69, 9.17) is 0 Å². The number of nitrogens with one attached hydrogen (secondary N) is 1. The summed E-state index contributed by atoms with van der Waals surface area (Å²) in [5.41, 5.74) is 1.46. The lowest BCUT2D eigenvalue weighted by Crippen LogP contribution is -2.30. The Bertz CT molecular complexity index is 414. The first-order valence-electron chi connectivity index (χ1n) is 6.55.